The molecule has 0 unspecified atom stereocenters. The Hall–Kier alpha value is -3.46. The summed E-state index contributed by atoms with van der Waals surface area (Å²) in [6.45, 7) is 3.87. The molecule has 8 nitrogen and oxygen atoms in total. The maximum absolute atomic E-state index is 12.3. The lowest BCUT2D eigenvalue weighted by Gasteiger charge is -2.07. The quantitative estimate of drug-likeness (QED) is 0.524. The Morgan fingerprint density at radius 2 is 1.79 bits per heavy atom. The molecule has 0 saturated heterocycles. The van der Waals surface area contributed by atoms with Gasteiger partial charge in [-0.05, 0) is 61.4 Å². The van der Waals surface area contributed by atoms with Crippen LogP contribution in [0.3, 0.4) is 0 Å². The topological polar surface area (TPSA) is 90.6 Å². The van der Waals surface area contributed by atoms with Crippen molar-refractivity contribution in [3.63, 3.8) is 0 Å². The largest absolute Gasteiger partial charge is 0.497 e. The van der Waals surface area contributed by atoms with Crippen LogP contribution in [0.5, 0.6) is 11.5 Å². The van der Waals surface area contributed by atoms with Crippen LogP contribution in [0.2, 0.25) is 0 Å². The van der Waals surface area contributed by atoms with Crippen molar-refractivity contribution in [3.05, 3.63) is 53.6 Å². The van der Waals surface area contributed by atoms with Gasteiger partial charge in [-0.25, -0.2) is 0 Å². The highest BCUT2D eigenvalue weighted by Gasteiger charge is 2.15. The molecule has 0 aliphatic carbocycles. The molecule has 29 heavy (non-hydrogen) atoms. The first-order valence-electron chi connectivity index (χ1n) is 8.89. The van der Waals surface area contributed by atoms with Crippen molar-refractivity contribution in [2.45, 2.75) is 13.8 Å². The van der Waals surface area contributed by atoms with E-state index >= 15 is 0 Å². The van der Waals surface area contributed by atoms with Crippen LogP contribution in [0.1, 0.15) is 11.1 Å². The number of carbonyl (C=O) groups excluding carboxylic acids is 1. The van der Waals surface area contributed by atoms with Crippen LogP contribution in [0.4, 0.5) is 5.13 Å². The molecular weight excluding hydrogens is 390 g/mol. The molecule has 0 saturated carbocycles. The zero-order valence-corrected chi connectivity index (χ0v) is 17.0. The zero-order valence-electron chi connectivity index (χ0n) is 16.2. The molecule has 0 bridgehead atoms. The summed E-state index contributed by atoms with van der Waals surface area (Å²) in [4.78, 5) is 12.8. The smallest absolute Gasteiger partial charge is 0.264 e. The van der Waals surface area contributed by atoms with Crippen molar-refractivity contribution in [2.75, 3.05) is 19.0 Å². The Bertz CT molecular complexity index is 1150. The summed E-state index contributed by atoms with van der Waals surface area (Å²) < 4.78 is 12.4. The van der Waals surface area contributed by atoms with Crippen LogP contribution in [0, 0.1) is 13.8 Å². The van der Waals surface area contributed by atoms with Crippen molar-refractivity contribution in [3.8, 4) is 22.9 Å². The molecule has 148 valence electrons. The van der Waals surface area contributed by atoms with Gasteiger partial charge < -0.3 is 9.47 Å². The Kier molecular flexibility index (Phi) is 5.13. The standard InChI is InChI=1S/C20H19N5O3S/c1-12-8-13(2)10-16(9-12)28-11-17(26)21-19-24-25-18(22-23-20(25)29-19)14-4-6-15(27-3)7-5-14/h4-10H,11H2,1-3H3,(H,21,24,26). The van der Waals surface area contributed by atoms with E-state index < -0.39 is 0 Å². The third-order valence-corrected chi connectivity index (χ3v) is 4.96. The molecule has 4 rings (SSSR count). The summed E-state index contributed by atoms with van der Waals surface area (Å²) in [5, 5.41) is 15.9. The molecule has 0 atom stereocenters. The number of methoxy groups -OCH3 is 1. The minimum absolute atomic E-state index is 0.103. The third kappa shape index (κ3) is 4.19. The number of amides is 1. The maximum Gasteiger partial charge on any atom is 0.264 e. The lowest BCUT2D eigenvalue weighted by molar-refractivity contribution is -0.118. The molecule has 0 radical (unpaired) electrons. The van der Waals surface area contributed by atoms with Gasteiger partial charge in [0, 0.05) is 5.56 Å². The molecule has 2 aromatic heterocycles. The van der Waals surface area contributed by atoms with Crippen LogP contribution in [0.25, 0.3) is 16.3 Å². The zero-order chi connectivity index (χ0) is 20.4. The average molecular weight is 409 g/mol. The highest BCUT2D eigenvalue weighted by molar-refractivity contribution is 7.20. The summed E-state index contributed by atoms with van der Waals surface area (Å²) >= 11 is 1.24. The van der Waals surface area contributed by atoms with Crippen LogP contribution in [0.15, 0.2) is 42.5 Å². The van der Waals surface area contributed by atoms with Crippen molar-refractivity contribution in [1.29, 1.82) is 0 Å². The predicted octanol–water partition coefficient (Wildman–Crippen LogP) is 3.50. The Morgan fingerprint density at radius 3 is 2.48 bits per heavy atom. The Morgan fingerprint density at radius 1 is 1.07 bits per heavy atom. The van der Waals surface area contributed by atoms with E-state index in [1.807, 2.05) is 56.3 Å². The molecule has 9 heteroatoms. The predicted molar refractivity (Wildman–Crippen MR) is 111 cm³/mol. The Labute approximate surface area is 171 Å². The van der Waals surface area contributed by atoms with Gasteiger partial charge >= 0.3 is 0 Å². The van der Waals surface area contributed by atoms with Crippen molar-refractivity contribution >= 4 is 27.3 Å². The highest BCUT2D eigenvalue weighted by atomic mass is 32.1. The average Bonchev–Trinajstić information content (AvgIpc) is 3.26. The SMILES string of the molecule is COc1ccc(-c2nnc3sc(NC(=O)COc4cc(C)cc(C)c4)nn23)cc1. The molecule has 1 N–H and O–H groups in total. The molecule has 0 aliphatic rings. The minimum atomic E-state index is -0.292. The number of anilines is 1. The number of benzene rings is 2. The molecular formula is C20H19N5O3S. The molecule has 1 amide bonds. The van der Waals surface area contributed by atoms with Crippen LogP contribution in [-0.4, -0.2) is 39.4 Å². The molecule has 4 aromatic rings. The van der Waals surface area contributed by atoms with E-state index in [2.05, 4.69) is 20.6 Å². The molecule has 0 spiro atoms. The summed E-state index contributed by atoms with van der Waals surface area (Å²) in [5.74, 6) is 1.72. The number of carbonyl (C=O) groups is 1. The van der Waals surface area contributed by atoms with Crippen molar-refractivity contribution in [1.82, 2.24) is 19.8 Å². The Balaban J connectivity index is 1.45. The van der Waals surface area contributed by atoms with Crippen molar-refractivity contribution < 1.29 is 14.3 Å². The van der Waals surface area contributed by atoms with Crippen molar-refractivity contribution in [2.24, 2.45) is 0 Å². The van der Waals surface area contributed by atoms with Gasteiger partial charge in [-0.3, -0.25) is 10.1 Å². The second kappa shape index (κ2) is 7.88. The van der Waals surface area contributed by atoms with Gasteiger partial charge in [0.1, 0.15) is 11.5 Å². The van der Waals surface area contributed by atoms with E-state index in [4.69, 9.17) is 9.47 Å². The van der Waals surface area contributed by atoms with E-state index in [9.17, 15) is 4.79 Å². The minimum Gasteiger partial charge on any atom is -0.497 e. The van der Waals surface area contributed by atoms with E-state index in [-0.39, 0.29) is 12.5 Å². The second-order valence-electron chi connectivity index (χ2n) is 6.51. The first-order chi connectivity index (χ1) is 14.0. The molecule has 2 aromatic carbocycles. The van der Waals surface area contributed by atoms with E-state index in [1.165, 1.54) is 11.3 Å². The molecule has 2 heterocycles. The van der Waals surface area contributed by atoms with Gasteiger partial charge in [-0.1, -0.05) is 17.4 Å². The number of hydrogen-bond acceptors (Lipinski definition) is 7. The summed E-state index contributed by atoms with van der Waals surface area (Å²) in [6, 6.07) is 13.3. The number of ether oxygens (including phenoxy) is 2. The fraction of sp³-hybridized carbons (Fsp3) is 0.200. The fourth-order valence-electron chi connectivity index (χ4n) is 2.91. The lowest BCUT2D eigenvalue weighted by Crippen LogP contribution is -2.20. The number of nitrogens with one attached hydrogen (secondary N) is 1. The molecule has 0 aliphatic heterocycles. The van der Waals surface area contributed by atoms with Crippen LogP contribution < -0.4 is 14.8 Å². The fourth-order valence-corrected chi connectivity index (χ4v) is 3.66. The van der Waals surface area contributed by atoms with Gasteiger partial charge in [-0.15, -0.1) is 15.3 Å². The van der Waals surface area contributed by atoms with Crippen LogP contribution >= 0.6 is 11.3 Å². The number of rotatable bonds is 6. The number of aromatic nitrogens is 4. The summed E-state index contributed by atoms with van der Waals surface area (Å²) in [5.41, 5.74) is 3.01. The third-order valence-electron chi connectivity index (χ3n) is 4.15. The number of hydrogen-bond donors (Lipinski definition) is 1. The normalized spacial score (nSPS) is 10.9. The van der Waals surface area contributed by atoms with Gasteiger partial charge in [0.05, 0.1) is 7.11 Å². The van der Waals surface area contributed by atoms with Gasteiger partial charge in [0.15, 0.2) is 12.4 Å². The van der Waals surface area contributed by atoms with Gasteiger partial charge in [0.25, 0.3) is 5.91 Å². The number of fused-ring (bicyclic) bond motifs is 1. The van der Waals surface area contributed by atoms with Gasteiger partial charge in [-0.2, -0.15) is 4.52 Å². The first-order valence-corrected chi connectivity index (χ1v) is 9.71. The van der Waals surface area contributed by atoms with E-state index in [1.54, 1.807) is 11.6 Å². The molecule has 0 fully saturated rings. The monoisotopic (exact) mass is 409 g/mol. The summed E-state index contributed by atoms with van der Waals surface area (Å²) in [6.07, 6.45) is 0. The lowest BCUT2D eigenvalue weighted by atomic mass is 10.1. The van der Waals surface area contributed by atoms with E-state index in [0.29, 0.717) is 21.7 Å². The highest BCUT2D eigenvalue weighted by Crippen LogP contribution is 2.25. The first kappa shape index (κ1) is 18.9. The second-order valence-corrected chi connectivity index (χ2v) is 7.47. The number of aryl methyl sites for hydroxylation is 2. The summed E-state index contributed by atoms with van der Waals surface area (Å²) in [7, 11) is 1.61. The van der Waals surface area contributed by atoms with Crippen LogP contribution in [-0.2, 0) is 4.79 Å². The maximum atomic E-state index is 12.3. The van der Waals surface area contributed by atoms with E-state index in [0.717, 1.165) is 22.4 Å². The van der Waals surface area contributed by atoms with Gasteiger partial charge in [0.2, 0.25) is 10.1 Å². The number of nitrogens with zero attached hydrogens (tertiary/aromatic N) is 4.